The molecule has 1 aliphatic rings. The third kappa shape index (κ3) is 2.51. The lowest BCUT2D eigenvalue weighted by molar-refractivity contribution is 0.343. The zero-order valence-corrected chi connectivity index (χ0v) is 9.55. The average Bonchev–Trinajstić information content (AvgIpc) is 2.39. The van der Waals surface area contributed by atoms with Crippen LogP contribution in [0.3, 0.4) is 0 Å². The highest BCUT2D eigenvalue weighted by molar-refractivity contribution is 5.37. The molecule has 1 aromatic rings. The second kappa shape index (κ2) is 5.27. The van der Waals surface area contributed by atoms with Gasteiger partial charge in [-0.15, -0.1) is 0 Å². The Morgan fingerprint density at radius 3 is 2.69 bits per heavy atom. The summed E-state index contributed by atoms with van der Waals surface area (Å²) in [6.07, 6.45) is 4.08. The van der Waals surface area contributed by atoms with Gasteiger partial charge in [-0.25, -0.2) is 4.98 Å². The molecule has 1 saturated heterocycles. The van der Waals surface area contributed by atoms with Crippen LogP contribution < -0.4 is 16.4 Å². The predicted octanol–water partition coefficient (Wildman–Crippen LogP) is 0.584. The summed E-state index contributed by atoms with van der Waals surface area (Å²) < 4.78 is 0. The molecule has 2 heterocycles. The van der Waals surface area contributed by atoms with Crippen molar-refractivity contribution in [3.63, 3.8) is 0 Å². The molecule has 4 N–H and O–H groups in total. The summed E-state index contributed by atoms with van der Waals surface area (Å²) in [6, 6.07) is 6.19. The third-order valence-electron chi connectivity index (χ3n) is 3.39. The molecule has 0 saturated carbocycles. The van der Waals surface area contributed by atoms with Crippen LogP contribution in [-0.2, 0) is 0 Å². The first-order chi connectivity index (χ1) is 7.81. The highest BCUT2D eigenvalue weighted by atomic mass is 15.2. The van der Waals surface area contributed by atoms with Crippen molar-refractivity contribution in [3.8, 4) is 0 Å². The number of nitrogens with zero attached hydrogens (tertiary/aromatic N) is 2. The zero-order chi connectivity index (χ0) is 11.4. The van der Waals surface area contributed by atoms with E-state index in [9.17, 15) is 0 Å². The minimum atomic E-state index is 0.158. The monoisotopic (exact) mass is 220 g/mol. The van der Waals surface area contributed by atoms with Gasteiger partial charge in [0, 0.05) is 31.9 Å². The summed E-state index contributed by atoms with van der Waals surface area (Å²) >= 11 is 0. The van der Waals surface area contributed by atoms with E-state index in [2.05, 4.69) is 16.0 Å². The molecule has 4 heteroatoms. The molecule has 1 aliphatic heterocycles. The number of aromatic nitrogens is 1. The van der Waals surface area contributed by atoms with Crippen LogP contribution in [0.25, 0.3) is 0 Å². The fourth-order valence-corrected chi connectivity index (χ4v) is 2.29. The summed E-state index contributed by atoms with van der Waals surface area (Å²) in [5, 5.41) is 0. The molecule has 1 atom stereocenters. The lowest BCUT2D eigenvalue weighted by Crippen LogP contribution is -2.44. The molecule has 0 amide bonds. The fraction of sp³-hybridized carbons (Fsp3) is 0.583. The minimum absolute atomic E-state index is 0.158. The van der Waals surface area contributed by atoms with Crippen molar-refractivity contribution < 1.29 is 0 Å². The average molecular weight is 220 g/mol. The maximum Gasteiger partial charge on any atom is 0.128 e. The quantitative estimate of drug-likeness (QED) is 0.782. The molecule has 0 bridgehead atoms. The molecule has 0 aliphatic carbocycles. The molecule has 2 rings (SSSR count). The van der Waals surface area contributed by atoms with E-state index in [1.54, 1.807) is 0 Å². The van der Waals surface area contributed by atoms with Gasteiger partial charge in [-0.3, -0.25) is 0 Å². The summed E-state index contributed by atoms with van der Waals surface area (Å²) in [5.74, 6) is 1.65. The van der Waals surface area contributed by atoms with E-state index in [1.807, 2.05) is 18.3 Å². The van der Waals surface area contributed by atoms with Crippen molar-refractivity contribution in [2.24, 2.45) is 17.4 Å². The molecule has 88 valence electrons. The molecule has 0 radical (unpaired) electrons. The molecular formula is C12H20N4. The summed E-state index contributed by atoms with van der Waals surface area (Å²) in [6.45, 7) is 2.67. The van der Waals surface area contributed by atoms with Gasteiger partial charge in [0.2, 0.25) is 0 Å². The fourth-order valence-electron chi connectivity index (χ4n) is 2.29. The van der Waals surface area contributed by atoms with Crippen LogP contribution in [0, 0.1) is 5.92 Å². The molecule has 1 unspecified atom stereocenters. The van der Waals surface area contributed by atoms with Gasteiger partial charge in [0.15, 0.2) is 0 Å². The van der Waals surface area contributed by atoms with Crippen molar-refractivity contribution in [2.45, 2.75) is 18.9 Å². The number of piperidine rings is 1. The number of nitrogens with two attached hydrogens (primary N) is 2. The van der Waals surface area contributed by atoms with Crippen molar-refractivity contribution >= 4 is 5.82 Å². The van der Waals surface area contributed by atoms with Crippen LogP contribution in [0.15, 0.2) is 24.4 Å². The van der Waals surface area contributed by atoms with E-state index in [0.29, 0.717) is 12.5 Å². The molecule has 1 aromatic heterocycles. The maximum atomic E-state index is 5.97. The van der Waals surface area contributed by atoms with Crippen molar-refractivity contribution in [3.05, 3.63) is 24.4 Å². The lowest BCUT2D eigenvalue weighted by Gasteiger charge is -2.35. The van der Waals surface area contributed by atoms with E-state index in [0.717, 1.165) is 31.7 Å². The van der Waals surface area contributed by atoms with Gasteiger partial charge in [-0.2, -0.15) is 0 Å². The molecule has 4 nitrogen and oxygen atoms in total. The van der Waals surface area contributed by atoms with Crippen LogP contribution in [-0.4, -0.2) is 30.7 Å². The molecule has 0 aromatic carbocycles. The second-order valence-electron chi connectivity index (χ2n) is 4.41. The van der Waals surface area contributed by atoms with Crippen LogP contribution in [0.4, 0.5) is 5.82 Å². The number of anilines is 1. The largest absolute Gasteiger partial charge is 0.357 e. The van der Waals surface area contributed by atoms with E-state index >= 15 is 0 Å². The van der Waals surface area contributed by atoms with Crippen LogP contribution in [0.1, 0.15) is 12.8 Å². The number of pyridine rings is 1. The van der Waals surface area contributed by atoms with Gasteiger partial charge in [-0.1, -0.05) is 6.07 Å². The molecule has 1 fully saturated rings. The smallest absolute Gasteiger partial charge is 0.128 e. The SMILES string of the molecule is NCC(N)C1CCN(c2ccccn2)CC1. The van der Waals surface area contributed by atoms with E-state index in [-0.39, 0.29) is 6.04 Å². The van der Waals surface area contributed by atoms with E-state index in [1.165, 1.54) is 0 Å². The van der Waals surface area contributed by atoms with Gasteiger partial charge in [-0.05, 0) is 30.9 Å². The Balaban J connectivity index is 1.91. The Kier molecular flexibility index (Phi) is 3.74. The summed E-state index contributed by atoms with van der Waals surface area (Å²) in [4.78, 5) is 6.68. The Hall–Kier alpha value is -1.13. The Bertz CT molecular complexity index is 306. The standard InChI is InChI=1S/C12H20N4/c13-9-11(14)10-4-7-16(8-5-10)12-3-1-2-6-15-12/h1-3,6,10-11H,4-5,7-9,13-14H2. The Morgan fingerprint density at radius 1 is 1.38 bits per heavy atom. The van der Waals surface area contributed by atoms with Crippen molar-refractivity contribution in [1.82, 2.24) is 4.98 Å². The predicted molar refractivity (Wildman–Crippen MR) is 66.2 cm³/mol. The van der Waals surface area contributed by atoms with Gasteiger partial charge in [0.25, 0.3) is 0 Å². The number of rotatable bonds is 3. The molecule has 0 spiro atoms. The number of hydrogen-bond acceptors (Lipinski definition) is 4. The Morgan fingerprint density at radius 2 is 2.12 bits per heavy atom. The van der Waals surface area contributed by atoms with Gasteiger partial charge >= 0.3 is 0 Å². The van der Waals surface area contributed by atoms with E-state index in [4.69, 9.17) is 11.5 Å². The normalized spacial score (nSPS) is 19.8. The third-order valence-corrected chi connectivity index (χ3v) is 3.39. The summed E-state index contributed by atoms with van der Waals surface area (Å²) in [5.41, 5.74) is 11.6. The second-order valence-corrected chi connectivity index (χ2v) is 4.41. The molecule has 16 heavy (non-hydrogen) atoms. The van der Waals surface area contributed by atoms with Crippen molar-refractivity contribution in [1.29, 1.82) is 0 Å². The first kappa shape index (κ1) is 11.4. The highest BCUT2D eigenvalue weighted by Gasteiger charge is 2.23. The van der Waals surface area contributed by atoms with Gasteiger partial charge in [0.1, 0.15) is 5.82 Å². The zero-order valence-electron chi connectivity index (χ0n) is 9.55. The van der Waals surface area contributed by atoms with Crippen LogP contribution in [0.2, 0.25) is 0 Å². The van der Waals surface area contributed by atoms with Gasteiger partial charge in [0.05, 0.1) is 0 Å². The van der Waals surface area contributed by atoms with E-state index < -0.39 is 0 Å². The maximum absolute atomic E-state index is 5.97. The lowest BCUT2D eigenvalue weighted by atomic mass is 9.90. The van der Waals surface area contributed by atoms with Crippen molar-refractivity contribution in [2.75, 3.05) is 24.5 Å². The van der Waals surface area contributed by atoms with Gasteiger partial charge < -0.3 is 16.4 Å². The molecular weight excluding hydrogens is 200 g/mol. The van der Waals surface area contributed by atoms with Crippen LogP contribution >= 0.6 is 0 Å². The minimum Gasteiger partial charge on any atom is -0.357 e. The first-order valence-corrected chi connectivity index (χ1v) is 5.93. The highest BCUT2D eigenvalue weighted by Crippen LogP contribution is 2.22. The number of hydrogen-bond donors (Lipinski definition) is 2. The first-order valence-electron chi connectivity index (χ1n) is 5.93. The summed E-state index contributed by atoms with van der Waals surface area (Å²) in [7, 11) is 0. The topological polar surface area (TPSA) is 68.2 Å². The Labute approximate surface area is 96.6 Å². The van der Waals surface area contributed by atoms with Crippen LogP contribution in [0.5, 0.6) is 0 Å².